The van der Waals surface area contributed by atoms with Crippen molar-refractivity contribution in [3.05, 3.63) is 89.5 Å². The lowest BCUT2D eigenvalue weighted by Gasteiger charge is -2.15. The highest BCUT2D eigenvalue weighted by Gasteiger charge is 2.37. The number of imidazole rings is 1. The average Bonchev–Trinajstić information content (AvgIpc) is 3.65. The van der Waals surface area contributed by atoms with Gasteiger partial charge in [-0.25, -0.2) is 13.8 Å². The second kappa shape index (κ2) is 9.99. The molecule has 1 saturated heterocycles. The van der Waals surface area contributed by atoms with Crippen LogP contribution in [0.3, 0.4) is 0 Å². The minimum absolute atomic E-state index is 0.105. The predicted octanol–water partition coefficient (Wildman–Crippen LogP) is 4.55. The van der Waals surface area contributed by atoms with Crippen LogP contribution >= 0.6 is 0 Å². The molecule has 1 aliphatic heterocycles. The van der Waals surface area contributed by atoms with Crippen molar-refractivity contribution < 1.29 is 8.78 Å². The number of hydrogen-bond donors (Lipinski definition) is 2. The molecule has 2 N–H and O–H groups in total. The molecule has 1 aromatic carbocycles. The number of fused-ring (bicyclic) bond motifs is 1. The summed E-state index contributed by atoms with van der Waals surface area (Å²) < 4.78 is 27.3. The summed E-state index contributed by atoms with van der Waals surface area (Å²) in [5.74, 6) is -1.99. The molecular formula is C30H27F2N7. The van der Waals surface area contributed by atoms with Crippen LogP contribution < -0.4 is 10.6 Å². The monoisotopic (exact) mass is 523 g/mol. The first-order valence-electron chi connectivity index (χ1n) is 12.8. The normalized spacial score (nSPS) is 16.4. The number of allylic oxidation sites excluding steroid dienone is 1. The fourth-order valence-electron chi connectivity index (χ4n) is 5.03. The molecule has 0 bridgehead atoms. The first kappa shape index (κ1) is 24.8. The quantitative estimate of drug-likeness (QED) is 0.341. The van der Waals surface area contributed by atoms with Crippen LogP contribution in [0.15, 0.2) is 67.8 Å². The molecule has 1 aliphatic rings. The van der Waals surface area contributed by atoms with Gasteiger partial charge >= 0.3 is 0 Å². The molecule has 0 aliphatic carbocycles. The molecule has 6 rings (SSSR count). The van der Waals surface area contributed by atoms with E-state index in [1.165, 1.54) is 0 Å². The Labute approximate surface area is 223 Å². The van der Waals surface area contributed by atoms with Crippen molar-refractivity contribution >= 4 is 28.8 Å². The van der Waals surface area contributed by atoms with Crippen LogP contribution in [0.4, 0.5) is 8.78 Å². The minimum Gasteiger partial charge on any atom is -0.337 e. The molecule has 7 nitrogen and oxygen atoms in total. The number of rotatable bonds is 6. The van der Waals surface area contributed by atoms with Crippen molar-refractivity contribution in [3.8, 4) is 22.6 Å². The summed E-state index contributed by atoms with van der Waals surface area (Å²) in [6.07, 6.45) is 10.8. The zero-order chi connectivity index (χ0) is 27.0. The Morgan fingerprint density at radius 1 is 1.15 bits per heavy atom. The number of nitrogens with zero attached hydrogens (tertiary/aromatic N) is 5. The van der Waals surface area contributed by atoms with Gasteiger partial charge in [0.15, 0.2) is 5.82 Å². The Bertz CT molecular complexity index is 1790. The zero-order valence-corrected chi connectivity index (χ0v) is 21.5. The Hall–Kier alpha value is -4.50. The number of halogens is 2. The van der Waals surface area contributed by atoms with Crippen LogP contribution in [0, 0.1) is 0 Å². The van der Waals surface area contributed by atoms with Crippen molar-refractivity contribution in [1.82, 2.24) is 35.0 Å². The molecule has 0 unspecified atom stereocenters. The highest BCUT2D eigenvalue weighted by Crippen LogP contribution is 2.29. The Balaban J connectivity index is 1.36. The van der Waals surface area contributed by atoms with E-state index < -0.39 is 5.92 Å². The fourth-order valence-corrected chi connectivity index (χ4v) is 5.03. The van der Waals surface area contributed by atoms with Crippen molar-refractivity contribution in [1.29, 1.82) is 0 Å². The molecular weight excluding hydrogens is 496 g/mol. The molecule has 4 aromatic heterocycles. The Kier molecular flexibility index (Phi) is 6.36. The second-order valence-corrected chi connectivity index (χ2v) is 9.78. The zero-order valence-electron chi connectivity index (χ0n) is 21.5. The topological polar surface area (TPSA) is 86.4 Å². The van der Waals surface area contributed by atoms with Gasteiger partial charge in [0.2, 0.25) is 0 Å². The summed E-state index contributed by atoms with van der Waals surface area (Å²) in [5.41, 5.74) is 6.87. The second-order valence-electron chi connectivity index (χ2n) is 9.78. The molecule has 0 radical (unpaired) electrons. The molecule has 39 heavy (non-hydrogen) atoms. The van der Waals surface area contributed by atoms with E-state index in [4.69, 9.17) is 4.98 Å². The van der Waals surface area contributed by atoms with Gasteiger partial charge < -0.3 is 4.98 Å². The van der Waals surface area contributed by atoms with Gasteiger partial charge in [-0.05, 0) is 59.5 Å². The number of aromatic nitrogens is 6. The summed E-state index contributed by atoms with van der Waals surface area (Å²) in [6.45, 7) is 6.79. The first-order valence-corrected chi connectivity index (χ1v) is 12.8. The highest BCUT2D eigenvalue weighted by atomic mass is 19.3. The molecule has 0 saturated carbocycles. The number of nitrogens with one attached hydrogen (secondary N) is 2. The van der Waals surface area contributed by atoms with Crippen LogP contribution in [0.5, 0.6) is 0 Å². The molecule has 0 spiro atoms. The van der Waals surface area contributed by atoms with Crippen molar-refractivity contribution in [2.24, 2.45) is 0 Å². The van der Waals surface area contributed by atoms with Crippen molar-refractivity contribution in [2.75, 3.05) is 13.1 Å². The third kappa shape index (κ3) is 5.00. The minimum atomic E-state index is -2.62. The maximum absolute atomic E-state index is 13.6. The van der Waals surface area contributed by atoms with Crippen LogP contribution in [0.25, 0.3) is 51.4 Å². The van der Waals surface area contributed by atoms with E-state index >= 15 is 0 Å². The van der Waals surface area contributed by atoms with Gasteiger partial charge in [0.25, 0.3) is 5.92 Å². The predicted molar refractivity (Wildman–Crippen MR) is 149 cm³/mol. The lowest BCUT2D eigenvalue weighted by Crippen LogP contribution is -2.25. The maximum Gasteiger partial charge on any atom is 0.261 e. The number of aromatic amines is 2. The lowest BCUT2D eigenvalue weighted by atomic mass is 10.1. The standard InChI is InChI=1S/C30H27F2N7/c1-3-25-24(13-19(2)22-14-20(15-34-16-22)17-39-12-9-30(31,32)18-39)28(38-37-25)29-35-26-6-4-5-23(27(26)36-29)21-7-10-33-11-8-21/h3-8,10-11,13-16,37H,2,9,12,17-18H2,1H3,(H,35,36)/b24-13+,25-3+. The van der Waals surface area contributed by atoms with E-state index in [1.807, 2.05) is 55.5 Å². The fraction of sp³-hybridized carbons (Fsp3) is 0.200. The summed E-state index contributed by atoms with van der Waals surface area (Å²) >= 11 is 0. The molecule has 1 fully saturated rings. The lowest BCUT2D eigenvalue weighted by molar-refractivity contribution is 0.0115. The number of hydrogen-bond acceptors (Lipinski definition) is 5. The van der Waals surface area contributed by atoms with E-state index in [1.54, 1.807) is 29.7 Å². The number of H-pyrrole nitrogens is 2. The van der Waals surface area contributed by atoms with E-state index in [-0.39, 0.29) is 13.0 Å². The van der Waals surface area contributed by atoms with Crippen LogP contribution in [-0.4, -0.2) is 54.0 Å². The molecule has 0 atom stereocenters. The smallest absolute Gasteiger partial charge is 0.261 e. The van der Waals surface area contributed by atoms with Crippen LogP contribution in [0.1, 0.15) is 24.5 Å². The number of benzene rings is 1. The van der Waals surface area contributed by atoms with Gasteiger partial charge in [0, 0.05) is 55.1 Å². The van der Waals surface area contributed by atoms with Crippen molar-refractivity contribution in [3.63, 3.8) is 0 Å². The largest absolute Gasteiger partial charge is 0.337 e. The third-order valence-electron chi connectivity index (χ3n) is 6.99. The summed E-state index contributed by atoms with van der Waals surface area (Å²) in [5, 5.41) is 9.35. The van der Waals surface area contributed by atoms with E-state index in [0.29, 0.717) is 24.6 Å². The molecule has 5 heterocycles. The molecule has 9 heteroatoms. The van der Waals surface area contributed by atoms with Gasteiger partial charge in [-0.3, -0.25) is 20.0 Å². The van der Waals surface area contributed by atoms with Gasteiger partial charge in [-0.1, -0.05) is 24.8 Å². The number of pyridine rings is 2. The van der Waals surface area contributed by atoms with E-state index in [2.05, 4.69) is 31.7 Å². The first-order chi connectivity index (χ1) is 18.9. The number of para-hydroxylation sites is 1. The summed E-state index contributed by atoms with van der Waals surface area (Å²) in [4.78, 5) is 18.6. The molecule has 5 aromatic rings. The number of alkyl halides is 2. The van der Waals surface area contributed by atoms with Gasteiger partial charge in [-0.2, -0.15) is 5.10 Å². The van der Waals surface area contributed by atoms with E-state index in [9.17, 15) is 8.78 Å². The van der Waals surface area contributed by atoms with Crippen LogP contribution in [-0.2, 0) is 6.54 Å². The Morgan fingerprint density at radius 3 is 2.77 bits per heavy atom. The SMILES string of the molecule is C=C(/C=c1/c(-c2nc3c(-c4ccncc4)cccc3[nH]2)n[nH]/c1=C/C)c1cncc(CN2CCC(F)(F)C2)c1. The third-order valence-corrected chi connectivity index (χ3v) is 6.99. The maximum atomic E-state index is 13.6. The van der Waals surface area contributed by atoms with Crippen LogP contribution in [0.2, 0.25) is 0 Å². The van der Waals surface area contributed by atoms with Gasteiger partial charge in [0.05, 0.1) is 22.9 Å². The highest BCUT2D eigenvalue weighted by molar-refractivity contribution is 5.94. The number of likely N-dealkylation sites (tertiary alicyclic amines) is 1. The van der Waals surface area contributed by atoms with Gasteiger partial charge in [0.1, 0.15) is 5.69 Å². The average molecular weight is 524 g/mol. The van der Waals surface area contributed by atoms with Crippen molar-refractivity contribution in [2.45, 2.75) is 25.8 Å². The molecule has 0 amide bonds. The summed E-state index contributed by atoms with van der Waals surface area (Å²) in [7, 11) is 0. The Morgan fingerprint density at radius 2 is 2.00 bits per heavy atom. The molecule has 196 valence electrons. The van der Waals surface area contributed by atoms with Gasteiger partial charge in [-0.15, -0.1) is 0 Å². The summed E-state index contributed by atoms with van der Waals surface area (Å²) in [6, 6.07) is 11.9. The van der Waals surface area contributed by atoms with E-state index in [0.717, 1.165) is 49.4 Å².